The second-order valence-corrected chi connectivity index (χ2v) is 14.8. The van der Waals surface area contributed by atoms with E-state index in [1.807, 2.05) is 36.4 Å². The minimum Gasteiger partial charge on any atom is -0.453 e. The number of benzene rings is 3. The van der Waals surface area contributed by atoms with Crippen LogP contribution in [0.2, 0.25) is 5.04 Å². The highest BCUT2D eigenvalue weighted by molar-refractivity contribution is 6.99. The molecule has 2 N–H and O–H groups in total. The fourth-order valence-corrected chi connectivity index (χ4v) is 9.68. The van der Waals surface area contributed by atoms with E-state index in [0.29, 0.717) is 5.56 Å². The van der Waals surface area contributed by atoms with Gasteiger partial charge >= 0.3 is 5.97 Å². The molecule has 0 amide bonds. The van der Waals surface area contributed by atoms with E-state index in [1.165, 1.54) is 7.11 Å². The Morgan fingerprint density at radius 1 is 0.842 bits per heavy atom. The van der Waals surface area contributed by atoms with E-state index in [0.717, 1.165) is 10.4 Å². The van der Waals surface area contributed by atoms with Crippen LogP contribution in [0.15, 0.2) is 91.0 Å². The van der Waals surface area contributed by atoms with Crippen molar-refractivity contribution < 1.29 is 33.6 Å². The number of carbonyl (C=O) groups is 1. The van der Waals surface area contributed by atoms with Gasteiger partial charge in [-0.1, -0.05) is 99.6 Å². The standard InChI is InChI=1S/C30H36O7Si/c1-30(2,3)38(22-16-10-6-11-17-22,23-18-12-7-13-19-23)35-20-24-25(31)27(26(32)29(34-4)36-24)37-28(33)21-14-8-5-9-15-21/h5-19,24-27,29,31-32H,20H2,1-4H3/t24-,25+,26-,27+,29+/m1/s1. The molecule has 0 spiro atoms. The third-order valence-electron chi connectivity index (χ3n) is 7.01. The van der Waals surface area contributed by atoms with Crippen LogP contribution in [0.4, 0.5) is 0 Å². The van der Waals surface area contributed by atoms with Gasteiger partial charge in [-0.05, 0) is 27.5 Å². The maximum Gasteiger partial charge on any atom is 0.338 e. The van der Waals surface area contributed by atoms with Crippen LogP contribution in [0, 0.1) is 0 Å². The lowest BCUT2D eigenvalue weighted by molar-refractivity contribution is -0.292. The molecule has 3 aromatic rings. The molecule has 4 rings (SSSR count). The van der Waals surface area contributed by atoms with E-state index in [-0.39, 0.29) is 11.6 Å². The van der Waals surface area contributed by atoms with Crippen molar-refractivity contribution >= 4 is 24.7 Å². The van der Waals surface area contributed by atoms with Crippen LogP contribution in [0.3, 0.4) is 0 Å². The van der Waals surface area contributed by atoms with Crippen molar-refractivity contribution in [1.29, 1.82) is 0 Å². The molecule has 1 aliphatic rings. The summed E-state index contributed by atoms with van der Waals surface area (Å²) >= 11 is 0. The number of hydrogen-bond acceptors (Lipinski definition) is 7. The zero-order valence-corrected chi connectivity index (χ0v) is 23.2. The van der Waals surface area contributed by atoms with Gasteiger partial charge in [0.1, 0.15) is 18.3 Å². The highest BCUT2D eigenvalue weighted by Gasteiger charge is 2.53. The summed E-state index contributed by atoms with van der Waals surface area (Å²) in [6.45, 7) is 6.47. The van der Waals surface area contributed by atoms with E-state index in [1.54, 1.807) is 30.3 Å². The Hall–Kier alpha value is -2.85. The van der Waals surface area contributed by atoms with Gasteiger partial charge in [0.05, 0.1) is 12.2 Å². The predicted octanol–water partition coefficient (Wildman–Crippen LogP) is 2.88. The van der Waals surface area contributed by atoms with Crippen molar-refractivity contribution in [2.75, 3.05) is 13.7 Å². The lowest BCUT2D eigenvalue weighted by atomic mass is 9.99. The van der Waals surface area contributed by atoms with E-state index in [9.17, 15) is 15.0 Å². The fraction of sp³-hybridized carbons (Fsp3) is 0.367. The van der Waals surface area contributed by atoms with E-state index in [4.69, 9.17) is 18.6 Å². The van der Waals surface area contributed by atoms with Gasteiger partial charge in [0.2, 0.25) is 0 Å². The molecular formula is C30H36O7Si. The highest BCUT2D eigenvalue weighted by atomic mass is 28.4. The Balaban J connectivity index is 1.65. The van der Waals surface area contributed by atoms with Gasteiger partial charge in [-0.2, -0.15) is 0 Å². The highest BCUT2D eigenvalue weighted by Crippen LogP contribution is 2.37. The molecule has 1 saturated heterocycles. The van der Waals surface area contributed by atoms with E-state index in [2.05, 4.69) is 45.0 Å². The van der Waals surface area contributed by atoms with Crippen LogP contribution >= 0.6 is 0 Å². The topological polar surface area (TPSA) is 94.5 Å². The molecule has 0 aromatic heterocycles. The fourth-order valence-electron chi connectivity index (χ4n) is 5.11. The van der Waals surface area contributed by atoms with Gasteiger partial charge in [-0.15, -0.1) is 0 Å². The summed E-state index contributed by atoms with van der Waals surface area (Å²) < 4.78 is 23.8. The van der Waals surface area contributed by atoms with Crippen molar-refractivity contribution in [2.24, 2.45) is 0 Å². The Bertz CT molecular complexity index is 1130. The van der Waals surface area contributed by atoms with Gasteiger partial charge in [-0.3, -0.25) is 0 Å². The summed E-state index contributed by atoms with van der Waals surface area (Å²) in [5.74, 6) is -0.655. The van der Waals surface area contributed by atoms with Gasteiger partial charge in [0, 0.05) is 7.11 Å². The minimum atomic E-state index is -2.92. The normalized spacial score (nSPS) is 24.1. The molecule has 202 valence electrons. The second-order valence-electron chi connectivity index (χ2n) is 10.5. The molecule has 0 aliphatic carbocycles. The number of methoxy groups -OCH3 is 1. The first-order valence-electron chi connectivity index (χ1n) is 12.7. The molecule has 5 atom stereocenters. The largest absolute Gasteiger partial charge is 0.453 e. The Morgan fingerprint density at radius 2 is 1.34 bits per heavy atom. The van der Waals surface area contributed by atoms with E-state index >= 15 is 0 Å². The van der Waals surface area contributed by atoms with Crippen LogP contribution in [0.5, 0.6) is 0 Å². The lowest BCUT2D eigenvalue weighted by Crippen LogP contribution is -2.68. The van der Waals surface area contributed by atoms with Gasteiger partial charge in [-0.25, -0.2) is 4.79 Å². The summed E-state index contributed by atoms with van der Waals surface area (Å²) in [4.78, 5) is 12.8. The molecule has 1 aliphatic heterocycles. The first kappa shape index (κ1) is 28.2. The Kier molecular flexibility index (Phi) is 8.82. The number of aliphatic hydroxyl groups excluding tert-OH is 2. The van der Waals surface area contributed by atoms with Crippen LogP contribution in [-0.2, 0) is 18.6 Å². The smallest absolute Gasteiger partial charge is 0.338 e. The summed E-state index contributed by atoms with van der Waals surface area (Å²) in [6, 6.07) is 28.7. The third-order valence-corrected chi connectivity index (χ3v) is 12.0. The molecule has 0 bridgehead atoms. The predicted molar refractivity (Wildman–Crippen MR) is 147 cm³/mol. The van der Waals surface area contributed by atoms with Crippen LogP contribution in [0.1, 0.15) is 31.1 Å². The number of carbonyl (C=O) groups excluding carboxylic acids is 1. The van der Waals surface area contributed by atoms with Crippen LogP contribution in [0.25, 0.3) is 0 Å². The van der Waals surface area contributed by atoms with Crippen molar-refractivity contribution in [2.45, 2.75) is 56.5 Å². The van der Waals surface area contributed by atoms with Crippen molar-refractivity contribution in [3.63, 3.8) is 0 Å². The maximum absolute atomic E-state index is 12.8. The zero-order valence-electron chi connectivity index (χ0n) is 22.2. The first-order valence-corrected chi connectivity index (χ1v) is 14.7. The molecule has 1 fully saturated rings. The maximum atomic E-state index is 12.8. The van der Waals surface area contributed by atoms with Crippen molar-refractivity contribution in [3.8, 4) is 0 Å². The SMILES string of the molecule is CO[C@H]1O[C@H](CO[Si](c2ccccc2)(c2ccccc2)C(C)(C)C)[C@H](O)[C@H](OC(=O)c2ccccc2)[C@H]1O. The molecule has 3 aromatic carbocycles. The quantitative estimate of drug-likeness (QED) is 0.338. The Labute approximate surface area is 225 Å². The number of aliphatic hydroxyl groups is 2. The zero-order chi connectivity index (χ0) is 27.3. The van der Waals surface area contributed by atoms with Crippen molar-refractivity contribution in [1.82, 2.24) is 0 Å². The van der Waals surface area contributed by atoms with Gasteiger partial charge < -0.3 is 28.8 Å². The average Bonchev–Trinajstić information content (AvgIpc) is 2.93. The molecular weight excluding hydrogens is 500 g/mol. The summed E-state index contributed by atoms with van der Waals surface area (Å²) in [5.41, 5.74) is 0.312. The summed E-state index contributed by atoms with van der Waals surface area (Å²) in [5, 5.41) is 24.0. The molecule has 0 saturated carbocycles. The molecule has 7 nitrogen and oxygen atoms in total. The van der Waals surface area contributed by atoms with Gasteiger partial charge in [0.15, 0.2) is 12.4 Å². The summed E-state index contributed by atoms with van der Waals surface area (Å²) in [6.07, 6.45) is -6.03. The first-order chi connectivity index (χ1) is 18.2. The van der Waals surface area contributed by atoms with E-state index < -0.39 is 45.0 Å². The number of rotatable bonds is 8. The molecule has 0 unspecified atom stereocenters. The lowest BCUT2D eigenvalue weighted by Gasteiger charge is -2.46. The third kappa shape index (κ3) is 5.61. The molecule has 0 radical (unpaired) electrons. The average molecular weight is 537 g/mol. The number of esters is 1. The monoisotopic (exact) mass is 536 g/mol. The minimum absolute atomic E-state index is 0.000412. The number of hydrogen-bond donors (Lipinski definition) is 2. The van der Waals surface area contributed by atoms with Crippen molar-refractivity contribution in [3.05, 3.63) is 96.6 Å². The molecule has 8 heteroatoms. The molecule has 1 heterocycles. The van der Waals surface area contributed by atoms with Crippen LogP contribution in [-0.4, -0.2) is 68.9 Å². The Morgan fingerprint density at radius 3 is 1.82 bits per heavy atom. The number of ether oxygens (including phenoxy) is 3. The second kappa shape index (κ2) is 11.9. The summed E-state index contributed by atoms with van der Waals surface area (Å²) in [7, 11) is -1.53. The van der Waals surface area contributed by atoms with Gasteiger partial charge in [0.25, 0.3) is 8.32 Å². The molecule has 38 heavy (non-hydrogen) atoms. The van der Waals surface area contributed by atoms with Crippen LogP contribution < -0.4 is 10.4 Å².